The third-order valence-electron chi connectivity index (χ3n) is 2.16. The van der Waals surface area contributed by atoms with Gasteiger partial charge in [0.15, 0.2) is 0 Å². The third kappa shape index (κ3) is 0.155. The van der Waals surface area contributed by atoms with Crippen LogP contribution in [0.3, 0.4) is 0 Å². The fourth-order valence-corrected chi connectivity index (χ4v) is 1.19. The van der Waals surface area contributed by atoms with Gasteiger partial charge in [-0.3, -0.25) is 0 Å². The SMILES string of the molecule is C[C@]12CC1CN2. The third-order valence-corrected chi connectivity index (χ3v) is 2.16. The van der Waals surface area contributed by atoms with Crippen LogP contribution in [0.5, 0.6) is 0 Å². The molecule has 0 spiro atoms. The molecule has 2 aliphatic rings. The normalized spacial score (nSPS) is 62.5. The highest BCUT2D eigenvalue weighted by atomic mass is 15.1. The summed E-state index contributed by atoms with van der Waals surface area (Å²) in [6.45, 7) is 3.58. The molecule has 1 heterocycles. The second kappa shape index (κ2) is 0.544. The van der Waals surface area contributed by atoms with Gasteiger partial charge in [-0.25, -0.2) is 0 Å². The van der Waals surface area contributed by atoms with Crippen LogP contribution in [0.1, 0.15) is 13.3 Å². The van der Waals surface area contributed by atoms with E-state index in [0.29, 0.717) is 5.54 Å². The zero-order valence-corrected chi connectivity index (χ0v) is 3.99. The molecule has 1 aliphatic heterocycles. The highest BCUT2D eigenvalue weighted by Crippen LogP contribution is 2.49. The standard InChI is InChI=1S/C5H9N/c1-5-2-4(5)3-6-5/h4,6H,2-3H2,1H3/t4?,5-/m0/s1. The van der Waals surface area contributed by atoms with E-state index in [0.717, 1.165) is 5.92 Å². The van der Waals surface area contributed by atoms with Gasteiger partial charge in [0.25, 0.3) is 0 Å². The highest BCUT2D eigenvalue weighted by Gasteiger charge is 2.57. The van der Waals surface area contributed by atoms with Crippen molar-refractivity contribution in [1.29, 1.82) is 0 Å². The Morgan fingerprint density at radius 1 is 1.83 bits per heavy atom. The Balaban J connectivity index is 2.22. The molecule has 0 aromatic heterocycles. The predicted molar refractivity (Wildman–Crippen MR) is 24.5 cm³/mol. The monoisotopic (exact) mass is 83.1 g/mol. The average molecular weight is 83.1 g/mol. The van der Waals surface area contributed by atoms with E-state index in [-0.39, 0.29) is 0 Å². The van der Waals surface area contributed by atoms with Crippen LogP contribution in [-0.4, -0.2) is 12.1 Å². The average Bonchev–Trinajstić information content (AvgIpc) is 1.88. The summed E-state index contributed by atoms with van der Waals surface area (Å²) in [6, 6.07) is 0. The second-order valence-electron chi connectivity index (χ2n) is 2.70. The van der Waals surface area contributed by atoms with Crippen LogP contribution in [0.25, 0.3) is 0 Å². The lowest BCUT2D eigenvalue weighted by Crippen LogP contribution is -2.43. The van der Waals surface area contributed by atoms with E-state index in [9.17, 15) is 0 Å². The Kier molecular flexibility index (Phi) is 0.274. The largest absolute Gasteiger partial charge is 0.311 e. The lowest BCUT2D eigenvalue weighted by Gasteiger charge is -2.21. The van der Waals surface area contributed by atoms with Crippen molar-refractivity contribution in [2.75, 3.05) is 6.54 Å². The van der Waals surface area contributed by atoms with Gasteiger partial charge < -0.3 is 5.32 Å². The van der Waals surface area contributed by atoms with Gasteiger partial charge in [-0.15, -0.1) is 0 Å². The first-order valence-corrected chi connectivity index (χ1v) is 2.56. The maximum atomic E-state index is 3.36. The maximum absolute atomic E-state index is 3.36. The van der Waals surface area contributed by atoms with Crippen molar-refractivity contribution in [3.8, 4) is 0 Å². The minimum atomic E-state index is 0.639. The minimum Gasteiger partial charge on any atom is -0.311 e. The highest BCUT2D eigenvalue weighted by molar-refractivity contribution is 5.15. The molecule has 0 bridgehead atoms. The van der Waals surface area contributed by atoms with Gasteiger partial charge in [0, 0.05) is 12.1 Å². The molecule has 1 nitrogen and oxygen atoms in total. The summed E-state index contributed by atoms with van der Waals surface area (Å²) in [5, 5.41) is 3.36. The molecule has 2 rings (SSSR count). The molecule has 1 N–H and O–H groups in total. The molecule has 6 heavy (non-hydrogen) atoms. The van der Waals surface area contributed by atoms with E-state index in [1.807, 2.05) is 0 Å². The van der Waals surface area contributed by atoms with Crippen molar-refractivity contribution in [2.24, 2.45) is 5.92 Å². The van der Waals surface area contributed by atoms with E-state index < -0.39 is 0 Å². The fraction of sp³-hybridized carbons (Fsp3) is 1.00. The molecule has 0 aromatic carbocycles. The first-order valence-electron chi connectivity index (χ1n) is 2.56. The number of hydrogen-bond donors (Lipinski definition) is 1. The summed E-state index contributed by atoms with van der Waals surface area (Å²) in [5.41, 5.74) is 0.639. The predicted octanol–water partition coefficient (Wildman–Crippen LogP) is 0.368. The van der Waals surface area contributed by atoms with Crippen LogP contribution in [-0.2, 0) is 0 Å². The second-order valence-corrected chi connectivity index (χ2v) is 2.70. The van der Waals surface area contributed by atoms with Crippen LogP contribution >= 0.6 is 0 Å². The smallest absolute Gasteiger partial charge is 0.0198 e. The number of rotatable bonds is 0. The molecule has 2 atom stereocenters. The molecule has 34 valence electrons. The first-order chi connectivity index (χ1) is 2.81. The topological polar surface area (TPSA) is 12.0 Å². The van der Waals surface area contributed by atoms with Crippen LogP contribution in [0.4, 0.5) is 0 Å². The van der Waals surface area contributed by atoms with E-state index in [2.05, 4.69) is 12.2 Å². The van der Waals surface area contributed by atoms with Crippen LogP contribution in [0, 0.1) is 5.92 Å². The zero-order chi connectivity index (χ0) is 4.20. The van der Waals surface area contributed by atoms with E-state index >= 15 is 0 Å². The molecule has 0 radical (unpaired) electrons. The van der Waals surface area contributed by atoms with Crippen molar-refractivity contribution in [3.05, 3.63) is 0 Å². The van der Waals surface area contributed by atoms with Crippen molar-refractivity contribution in [3.63, 3.8) is 0 Å². The summed E-state index contributed by atoms with van der Waals surface area (Å²) in [7, 11) is 0. The lowest BCUT2D eigenvalue weighted by atomic mass is 10.1. The lowest BCUT2D eigenvalue weighted by molar-refractivity contribution is 0.382. The molecule has 1 saturated carbocycles. The number of fused-ring (bicyclic) bond motifs is 1. The van der Waals surface area contributed by atoms with Gasteiger partial charge in [0.2, 0.25) is 0 Å². The molecule has 2 fully saturated rings. The summed E-state index contributed by atoms with van der Waals surface area (Å²) < 4.78 is 0. The quantitative estimate of drug-likeness (QED) is 0.446. The summed E-state index contributed by atoms with van der Waals surface area (Å²) in [6.07, 6.45) is 1.44. The van der Waals surface area contributed by atoms with Crippen LogP contribution < -0.4 is 5.32 Å². The summed E-state index contributed by atoms with van der Waals surface area (Å²) in [4.78, 5) is 0. The van der Waals surface area contributed by atoms with Gasteiger partial charge in [0.1, 0.15) is 0 Å². The van der Waals surface area contributed by atoms with Crippen molar-refractivity contribution < 1.29 is 0 Å². The summed E-state index contributed by atoms with van der Waals surface area (Å²) in [5.74, 6) is 1.07. The first kappa shape index (κ1) is 3.03. The molecule has 1 unspecified atom stereocenters. The molecule has 1 heteroatoms. The van der Waals surface area contributed by atoms with Gasteiger partial charge >= 0.3 is 0 Å². The maximum Gasteiger partial charge on any atom is 0.0198 e. The van der Waals surface area contributed by atoms with Gasteiger partial charge in [-0.05, 0) is 19.3 Å². The molecular formula is C5H9N. The summed E-state index contributed by atoms with van der Waals surface area (Å²) >= 11 is 0. The number of hydrogen-bond acceptors (Lipinski definition) is 1. The number of nitrogens with one attached hydrogen (secondary N) is 1. The Labute approximate surface area is 37.7 Å². The van der Waals surface area contributed by atoms with E-state index in [1.54, 1.807) is 0 Å². The Hall–Kier alpha value is -0.0400. The molecule has 0 aromatic rings. The van der Waals surface area contributed by atoms with Crippen LogP contribution in [0.2, 0.25) is 0 Å². The molecule has 1 aliphatic carbocycles. The van der Waals surface area contributed by atoms with Crippen molar-refractivity contribution in [1.82, 2.24) is 5.32 Å². The van der Waals surface area contributed by atoms with Crippen molar-refractivity contribution >= 4 is 0 Å². The van der Waals surface area contributed by atoms with Gasteiger partial charge in [0.05, 0.1) is 0 Å². The van der Waals surface area contributed by atoms with Gasteiger partial charge in [-0.2, -0.15) is 0 Å². The van der Waals surface area contributed by atoms with Crippen molar-refractivity contribution in [2.45, 2.75) is 18.9 Å². The Morgan fingerprint density at radius 3 is 2.50 bits per heavy atom. The molecule has 1 saturated heterocycles. The van der Waals surface area contributed by atoms with Crippen LogP contribution in [0.15, 0.2) is 0 Å². The Bertz CT molecular complexity index is 85.9. The Morgan fingerprint density at radius 2 is 2.50 bits per heavy atom. The fourth-order valence-electron chi connectivity index (χ4n) is 1.19. The van der Waals surface area contributed by atoms with E-state index in [4.69, 9.17) is 0 Å². The molecular weight excluding hydrogens is 74.1 g/mol. The molecule has 0 amide bonds. The zero-order valence-electron chi connectivity index (χ0n) is 3.99. The minimum absolute atomic E-state index is 0.639. The van der Waals surface area contributed by atoms with E-state index in [1.165, 1.54) is 13.0 Å². The van der Waals surface area contributed by atoms with Gasteiger partial charge in [-0.1, -0.05) is 0 Å².